The lowest BCUT2D eigenvalue weighted by atomic mass is 10.2. The van der Waals surface area contributed by atoms with Crippen molar-refractivity contribution < 1.29 is 22.8 Å². The summed E-state index contributed by atoms with van der Waals surface area (Å²) in [5.41, 5.74) is -0.527. The molecule has 0 radical (unpaired) electrons. The van der Waals surface area contributed by atoms with Crippen molar-refractivity contribution in [1.82, 2.24) is 10.0 Å². The average molecular weight is 380 g/mol. The molecule has 1 saturated heterocycles. The number of nitro groups is 1. The molecule has 1 fully saturated rings. The Labute approximate surface area is 145 Å². The Balaban J connectivity index is 0.00000208. The number of fused-ring (bicyclic) bond motifs is 1. The van der Waals surface area contributed by atoms with E-state index in [9.17, 15) is 18.5 Å². The maximum absolute atomic E-state index is 12.5. The van der Waals surface area contributed by atoms with Gasteiger partial charge in [-0.15, -0.1) is 12.4 Å². The van der Waals surface area contributed by atoms with Crippen LogP contribution in [0.2, 0.25) is 0 Å². The van der Waals surface area contributed by atoms with Crippen LogP contribution in [0.3, 0.4) is 0 Å². The number of nitro benzene ring substituents is 1. The second kappa shape index (κ2) is 7.51. The zero-order valence-electron chi connectivity index (χ0n) is 12.7. The van der Waals surface area contributed by atoms with Crippen LogP contribution in [0.5, 0.6) is 11.5 Å². The van der Waals surface area contributed by atoms with Crippen LogP contribution in [0.15, 0.2) is 17.0 Å². The first-order valence-electron chi connectivity index (χ1n) is 7.28. The van der Waals surface area contributed by atoms with Gasteiger partial charge in [-0.2, -0.15) is 0 Å². The summed E-state index contributed by atoms with van der Waals surface area (Å²) >= 11 is 0. The number of nitrogens with zero attached hydrogens (tertiary/aromatic N) is 1. The van der Waals surface area contributed by atoms with Gasteiger partial charge < -0.3 is 14.8 Å². The summed E-state index contributed by atoms with van der Waals surface area (Å²) in [5.74, 6) is 0.376. The molecule has 9 nitrogen and oxygen atoms in total. The number of halogens is 1. The molecule has 24 heavy (non-hydrogen) atoms. The van der Waals surface area contributed by atoms with Crippen molar-refractivity contribution in [2.45, 2.75) is 23.8 Å². The first kappa shape index (κ1) is 18.7. The van der Waals surface area contributed by atoms with Crippen LogP contribution in [-0.4, -0.2) is 45.7 Å². The third-order valence-corrected chi connectivity index (χ3v) is 5.24. The summed E-state index contributed by atoms with van der Waals surface area (Å²) in [5, 5.41) is 14.4. The van der Waals surface area contributed by atoms with Gasteiger partial charge in [0.1, 0.15) is 13.2 Å². The van der Waals surface area contributed by atoms with Crippen molar-refractivity contribution in [3.05, 3.63) is 22.2 Å². The fourth-order valence-corrected chi connectivity index (χ4v) is 3.88. The summed E-state index contributed by atoms with van der Waals surface area (Å²) in [7, 11) is -4.02. The summed E-state index contributed by atoms with van der Waals surface area (Å²) in [4.78, 5) is 10.1. The highest BCUT2D eigenvalue weighted by molar-refractivity contribution is 7.89. The van der Waals surface area contributed by atoms with Crippen molar-refractivity contribution in [3.63, 3.8) is 0 Å². The number of nitrogens with one attached hydrogen (secondary N) is 2. The van der Waals surface area contributed by atoms with Crippen LogP contribution in [-0.2, 0) is 10.0 Å². The van der Waals surface area contributed by atoms with E-state index in [1.165, 1.54) is 0 Å². The predicted octanol–water partition coefficient (Wildman–Crippen LogP) is 0.818. The number of hydrogen-bond acceptors (Lipinski definition) is 7. The minimum absolute atomic E-state index is 0. The van der Waals surface area contributed by atoms with Crippen LogP contribution in [0.25, 0.3) is 0 Å². The number of benzene rings is 1. The van der Waals surface area contributed by atoms with E-state index in [0.717, 1.165) is 31.5 Å². The Morgan fingerprint density at radius 1 is 1.29 bits per heavy atom. The van der Waals surface area contributed by atoms with Gasteiger partial charge >= 0.3 is 0 Å². The molecule has 1 aromatic rings. The molecule has 1 aromatic carbocycles. The van der Waals surface area contributed by atoms with Crippen molar-refractivity contribution in [1.29, 1.82) is 0 Å². The smallest absolute Gasteiger partial charge is 0.293 e. The molecule has 0 amide bonds. The van der Waals surface area contributed by atoms with E-state index in [1.54, 1.807) is 0 Å². The second-order valence-corrected chi connectivity index (χ2v) is 7.10. The van der Waals surface area contributed by atoms with Crippen LogP contribution >= 0.6 is 12.4 Å². The predicted molar refractivity (Wildman–Crippen MR) is 87.5 cm³/mol. The van der Waals surface area contributed by atoms with Gasteiger partial charge in [-0.3, -0.25) is 10.1 Å². The minimum atomic E-state index is -4.02. The Morgan fingerprint density at radius 3 is 2.54 bits per heavy atom. The van der Waals surface area contributed by atoms with Gasteiger partial charge in [0, 0.05) is 18.7 Å². The molecule has 0 saturated carbocycles. The molecule has 2 aliphatic rings. The number of ether oxygens (including phenoxy) is 2. The molecule has 0 bridgehead atoms. The molecule has 2 heterocycles. The molecule has 0 aromatic heterocycles. The molecular formula is C13H18ClN3O6S. The van der Waals surface area contributed by atoms with Crippen LogP contribution in [0, 0.1) is 10.1 Å². The summed E-state index contributed by atoms with van der Waals surface area (Å²) in [6, 6.07) is 2.29. The minimum Gasteiger partial charge on any atom is -0.486 e. The first-order chi connectivity index (χ1) is 11.0. The number of sulfonamides is 1. The Hall–Kier alpha value is -1.62. The van der Waals surface area contributed by atoms with Crippen molar-refractivity contribution in [2.24, 2.45) is 0 Å². The lowest BCUT2D eigenvalue weighted by Crippen LogP contribution is -2.37. The summed E-state index contributed by atoms with van der Waals surface area (Å²) < 4.78 is 37.9. The Kier molecular flexibility index (Phi) is 5.86. The molecule has 1 atom stereocenters. The lowest BCUT2D eigenvalue weighted by molar-refractivity contribution is -0.388. The topological polar surface area (TPSA) is 120 Å². The zero-order chi connectivity index (χ0) is 16.4. The Morgan fingerprint density at radius 2 is 1.96 bits per heavy atom. The van der Waals surface area contributed by atoms with Crippen LogP contribution < -0.4 is 19.5 Å². The van der Waals surface area contributed by atoms with Gasteiger partial charge in [-0.25, -0.2) is 13.1 Å². The molecule has 3 rings (SSSR count). The van der Waals surface area contributed by atoms with E-state index < -0.39 is 25.5 Å². The van der Waals surface area contributed by atoms with E-state index in [2.05, 4.69) is 10.0 Å². The van der Waals surface area contributed by atoms with Gasteiger partial charge in [-0.1, -0.05) is 0 Å². The zero-order valence-corrected chi connectivity index (χ0v) is 14.3. The van der Waals surface area contributed by atoms with Crippen molar-refractivity contribution in [3.8, 4) is 11.5 Å². The molecule has 2 N–H and O–H groups in total. The highest BCUT2D eigenvalue weighted by Gasteiger charge is 2.31. The highest BCUT2D eigenvalue weighted by Crippen LogP contribution is 2.38. The largest absolute Gasteiger partial charge is 0.486 e. The molecule has 0 aliphatic carbocycles. The van der Waals surface area contributed by atoms with Crippen LogP contribution in [0.4, 0.5) is 5.69 Å². The monoisotopic (exact) mass is 379 g/mol. The lowest BCUT2D eigenvalue weighted by Gasteiger charge is -2.19. The third kappa shape index (κ3) is 3.89. The maximum atomic E-state index is 12.5. The average Bonchev–Trinajstić information content (AvgIpc) is 3.05. The van der Waals surface area contributed by atoms with Crippen molar-refractivity contribution >= 4 is 28.1 Å². The SMILES string of the molecule is Cl.O=[N+]([O-])c1cc2c(cc1S(=O)(=O)NCC1CCCN1)OCCO2. The van der Waals surface area contributed by atoms with E-state index in [-0.39, 0.29) is 49.7 Å². The molecular weight excluding hydrogens is 362 g/mol. The van der Waals surface area contributed by atoms with Crippen molar-refractivity contribution in [2.75, 3.05) is 26.3 Å². The standard InChI is InChI=1S/C13H17N3O6S.ClH/c17-16(18)10-6-11-12(22-5-4-21-11)7-13(10)23(19,20)15-8-9-2-1-3-14-9;/h6-7,9,14-15H,1-5,8H2;1H. The summed E-state index contributed by atoms with van der Waals surface area (Å²) in [6.45, 7) is 1.57. The summed E-state index contributed by atoms with van der Waals surface area (Å²) in [6.07, 6.45) is 1.85. The first-order valence-corrected chi connectivity index (χ1v) is 8.77. The molecule has 11 heteroatoms. The second-order valence-electron chi connectivity index (χ2n) is 5.37. The Bertz CT molecular complexity index is 721. The van der Waals surface area contributed by atoms with Gasteiger partial charge in [0.2, 0.25) is 10.0 Å². The van der Waals surface area contributed by atoms with Gasteiger partial charge in [-0.05, 0) is 19.4 Å². The molecule has 0 spiro atoms. The van der Waals surface area contributed by atoms with Gasteiger partial charge in [0.15, 0.2) is 16.4 Å². The van der Waals surface area contributed by atoms with Crippen LogP contribution in [0.1, 0.15) is 12.8 Å². The third-order valence-electron chi connectivity index (χ3n) is 3.79. The fourth-order valence-electron chi connectivity index (χ4n) is 2.64. The fraction of sp³-hybridized carbons (Fsp3) is 0.538. The highest BCUT2D eigenvalue weighted by atomic mass is 35.5. The maximum Gasteiger partial charge on any atom is 0.293 e. The van der Waals surface area contributed by atoms with E-state index in [1.807, 2.05) is 0 Å². The van der Waals surface area contributed by atoms with Gasteiger partial charge in [0.25, 0.3) is 5.69 Å². The van der Waals surface area contributed by atoms with E-state index in [0.29, 0.717) is 0 Å². The molecule has 134 valence electrons. The number of rotatable bonds is 5. The van der Waals surface area contributed by atoms with E-state index >= 15 is 0 Å². The van der Waals surface area contributed by atoms with E-state index in [4.69, 9.17) is 9.47 Å². The van der Waals surface area contributed by atoms with Gasteiger partial charge in [0.05, 0.1) is 11.0 Å². The molecule has 2 aliphatic heterocycles. The number of hydrogen-bond donors (Lipinski definition) is 2. The molecule has 1 unspecified atom stereocenters. The normalized spacial score (nSPS) is 19.6. The quantitative estimate of drug-likeness (QED) is 0.574.